The third kappa shape index (κ3) is 5.65. The van der Waals surface area contributed by atoms with E-state index in [2.05, 4.69) is 47.8 Å². The van der Waals surface area contributed by atoms with Crippen molar-refractivity contribution in [2.24, 2.45) is 0 Å². The first kappa shape index (κ1) is 28.3. The Morgan fingerprint density at radius 1 is 1.10 bits per heavy atom. The maximum absolute atomic E-state index is 13.8. The predicted octanol–water partition coefficient (Wildman–Crippen LogP) is 8.74. The molecule has 8 heteroatoms. The first-order valence-corrected chi connectivity index (χ1v) is 14.2. The van der Waals surface area contributed by atoms with Gasteiger partial charge >= 0.3 is 0 Å². The molecule has 1 fully saturated rings. The van der Waals surface area contributed by atoms with Gasteiger partial charge in [-0.3, -0.25) is 4.79 Å². The highest BCUT2D eigenvalue weighted by Crippen LogP contribution is 2.42. The molecule has 0 aliphatic carbocycles. The summed E-state index contributed by atoms with van der Waals surface area (Å²) in [5.74, 6) is -0.211. The molecule has 1 aromatic heterocycles. The number of hydrogen-bond acceptors (Lipinski definition) is 3. The van der Waals surface area contributed by atoms with Crippen LogP contribution < -0.4 is 5.32 Å². The molecule has 1 saturated heterocycles. The van der Waals surface area contributed by atoms with Crippen LogP contribution in [0.4, 0.5) is 0 Å². The van der Waals surface area contributed by atoms with Crippen LogP contribution >= 0.6 is 34.8 Å². The van der Waals surface area contributed by atoms with Crippen molar-refractivity contribution in [1.82, 2.24) is 15.2 Å². The summed E-state index contributed by atoms with van der Waals surface area (Å²) in [6.45, 7) is 9.41. The molecule has 40 heavy (non-hydrogen) atoms. The van der Waals surface area contributed by atoms with Gasteiger partial charge in [0.2, 0.25) is 0 Å². The Morgan fingerprint density at radius 3 is 2.50 bits per heavy atom. The number of rotatable bonds is 8. The molecular weight excluding hydrogens is 565 g/mol. The molecule has 4 aromatic rings. The lowest BCUT2D eigenvalue weighted by molar-refractivity contribution is 0.0925. The zero-order chi connectivity index (χ0) is 28.4. The van der Waals surface area contributed by atoms with Crippen molar-refractivity contribution in [3.05, 3.63) is 117 Å². The second-order valence-electron chi connectivity index (χ2n) is 9.87. The van der Waals surface area contributed by atoms with Gasteiger partial charge in [-0.25, -0.2) is 0 Å². The summed E-state index contributed by atoms with van der Waals surface area (Å²) < 4.78 is 5.50. The van der Waals surface area contributed by atoms with E-state index < -0.39 is 0 Å². The molecule has 2 heterocycles. The normalized spacial score (nSPS) is 16.5. The lowest BCUT2D eigenvalue weighted by Gasteiger charge is -2.33. The first-order valence-electron chi connectivity index (χ1n) is 13.1. The Hall–Kier alpha value is -3.22. The van der Waals surface area contributed by atoms with Crippen LogP contribution in [0.25, 0.3) is 22.2 Å². The standard InChI is InChI=1S/C32H30Cl3N3O2/c1-4-38(20(3)25-12-10-22(33)16-27(25)35)31(19(2)21-8-6-5-7-9-21)29-26-13-11-23(34)17-28(26)37-30(29)32(39)36-24-14-15-40-18-24/h4-13,16-17,20,24,37H,1,14-15,18H2,2-3H3,(H,36,39)/b31-19+. The van der Waals surface area contributed by atoms with Crippen LogP contribution in [0.5, 0.6) is 0 Å². The number of nitrogens with one attached hydrogen (secondary N) is 2. The van der Waals surface area contributed by atoms with Gasteiger partial charge in [0.05, 0.1) is 24.4 Å². The van der Waals surface area contributed by atoms with Gasteiger partial charge in [0.15, 0.2) is 0 Å². The van der Waals surface area contributed by atoms with Gasteiger partial charge in [-0.2, -0.15) is 0 Å². The van der Waals surface area contributed by atoms with Crippen molar-refractivity contribution < 1.29 is 9.53 Å². The quantitative estimate of drug-likeness (QED) is 0.214. The van der Waals surface area contributed by atoms with Crippen LogP contribution in [-0.2, 0) is 4.74 Å². The first-order chi connectivity index (χ1) is 19.3. The summed E-state index contributed by atoms with van der Waals surface area (Å²) in [7, 11) is 0. The van der Waals surface area contributed by atoms with Gasteiger partial charge in [0.25, 0.3) is 5.91 Å². The minimum atomic E-state index is -0.243. The van der Waals surface area contributed by atoms with Crippen LogP contribution in [0.2, 0.25) is 15.1 Å². The SMILES string of the molecule is C=CN(/C(=C(\C)c1ccccc1)c1c(C(=O)NC2CCOC2)[nH]c2cc(Cl)ccc12)C(C)c1ccc(Cl)cc1Cl. The van der Waals surface area contributed by atoms with E-state index in [4.69, 9.17) is 39.5 Å². The number of allylic oxidation sites excluding steroid dienone is 1. The van der Waals surface area contributed by atoms with Crippen LogP contribution in [-0.4, -0.2) is 35.0 Å². The molecule has 5 nitrogen and oxygen atoms in total. The van der Waals surface area contributed by atoms with Crippen molar-refractivity contribution in [2.75, 3.05) is 13.2 Å². The highest BCUT2D eigenvalue weighted by molar-refractivity contribution is 6.35. The maximum Gasteiger partial charge on any atom is 0.268 e. The zero-order valence-corrected chi connectivity index (χ0v) is 24.6. The molecule has 2 N–H and O–H groups in total. The van der Waals surface area contributed by atoms with Gasteiger partial charge in [-0.15, -0.1) is 0 Å². The molecule has 2 unspecified atom stereocenters. The maximum atomic E-state index is 13.8. The molecular formula is C32H30Cl3N3O2. The number of benzene rings is 3. The second-order valence-corrected chi connectivity index (χ2v) is 11.2. The fourth-order valence-electron chi connectivity index (χ4n) is 5.26. The van der Waals surface area contributed by atoms with Crippen LogP contribution in [0.3, 0.4) is 0 Å². The summed E-state index contributed by atoms with van der Waals surface area (Å²) in [6.07, 6.45) is 2.54. The molecule has 206 valence electrons. The molecule has 1 aliphatic rings. The minimum Gasteiger partial charge on any atom is -0.379 e. The van der Waals surface area contributed by atoms with Crippen LogP contribution in [0, 0.1) is 0 Å². The Bertz CT molecular complexity index is 1590. The summed E-state index contributed by atoms with van der Waals surface area (Å²) in [5.41, 5.74) is 5.62. The number of amides is 1. The molecule has 0 spiro atoms. The lowest BCUT2D eigenvalue weighted by Crippen LogP contribution is -2.36. The average Bonchev–Trinajstić information content (AvgIpc) is 3.59. The predicted molar refractivity (Wildman–Crippen MR) is 166 cm³/mol. The van der Waals surface area contributed by atoms with Crippen molar-refractivity contribution in [1.29, 1.82) is 0 Å². The molecule has 2 atom stereocenters. The average molecular weight is 595 g/mol. The molecule has 1 amide bonds. The van der Waals surface area contributed by atoms with Gasteiger partial charge in [-0.05, 0) is 67.4 Å². The van der Waals surface area contributed by atoms with E-state index in [1.165, 1.54) is 0 Å². The summed E-state index contributed by atoms with van der Waals surface area (Å²) >= 11 is 19.3. The zero-order valence-electron chi connectivity index (χ0n) is 22.3. The number of fused-ring (bicyclic) bond motifs is 1. The van der Waals surface area contributed by atoms with Gasteiger partial charge in [-0.1, -0.05) is 83.8 Å². The van der Waals surface area contributed by atoms with E-state index in [9.17, 15) is 4.79 Å². The number of ether oxygens (including phenoxy) is 1. The molecule has 0 bridgehead atoms. The summed E-state index contributed by atoms with van der Waals surface area (Å²) in [4.78, 5) is 19.3. The Labute approximate surface area is 249 Å². The van der Waals surface area contributed by atoms with E-state index in [0.29, 0.717) is 34.0 Å². The van der Waals surface area contributed by atoms with Crippen LogP contribution in [0.15, 0.2) is 79.5 Å². The topological polar surface area (TPSA) is 57.4 Å². The number of hydrogen-bond donors (Lipinski definition) is 2. The van der Waals surface area contributed by atoms with E-state index in [-0.39, 0.29) is 18.0 Å². The van der Waals surface area contributed by atoms with Crippen molar-refractivity contribution >= 4 is 62.9 Å². The minimum absolute atomic E-state index is 0.0553. The fourth-order valence-corrected chi connectivity index (χ4v) is 6.00. The fraction of sp³-hybridized carbons (Fsp3) is 0.219. The highest BCUT2D eigenvalue weighted by Gasteiger charge is 2.30. The number of H-pyrrole nitrogens is 1. The Kier molecular flexibility index (Phi) is 8.57. The number of aromatic amines is 1. The highest BCUT2D eigenvalue weighted by atomic mass is 35.5. The number of carbonyl (C=O) groups excluding carboxylic acids is 1. The van der Waals surface area contributed by atoms with Crippen molar-refractivity contribution in [3.63, 3.8) is 0 Å². The number of nitrogens with zero attached hydrogens (tertiary/aromatic N) is 1. The Balaban J connectivity index is 1.76. The monoisotopic (exact) mass is 593 g/mol. The molecule has 5 rings (SSSR count). The lowest BCUT2D eigenvalue weighted by atomic mass is 9.95. The molecule has 1 aliphatic heterocycles. The number of carbonyl (C=O) groups is 1. The van der Waals surface area contributed by atoms with E-state index in [1.54, 1.807) is 12.3 Å². The summed E-state index contributed by atoms with van der Waals surface area (Å²) in [6, 6.07) is 20.9. The van der Waals surface area contributed by atoms with Gasteiger partial charge < -0.3 is 19.9 Å². The van der Waals surface area contributed by atoms with E-state index >= 15 is 0 Å². The van der Waals surface area contributed by atoms with Crippen LogP contribution in [0.1, 0.15) is 53.5 Å². The third-order valence-corrected chi connectivity index (χ3v) is 8.13. The molecule has 0 radical (unpaired) electrons. The second kappa shape index (κ2) is 12.1. The van der Waals surface area contributed by atoms with Gasteiger partial charge in [0, 0.05) is 38.1 Å². The van der Waals surface area contributed by atoms with Crippen molar-refractivity contribution in [3.8, 4) is 0 Å². The van der Waals surface area contributed by atoms with E-state index in [0.717, 1.165) is 45.3 Å². The van der Waals surface area contributed by atoms with E-state index in [1.807, 2.05) is 48.5 Å². The van der Waals surface area contributed by atoms with Gasteiger partial charge in [0.1, 0.15) is 5.69 Å². The Morgan fingerprint density at radius 2 is 1.82 bits per heavy atom. The smallest absolute Gasteiger partial charge is 0.268 e. The number of aromatic nitrogens is 1. The largest absolute Gasteiger partial charge is 0.379 e. The molecule has 3 aromatic carbocycles. The number of halogens is 3. The van der Waals surface area contributed by atoms with Crippen molar-refractivity contribution in [2.45, 2.75) is 32.4 Å². The third-order valence-electron chi connectivity index (χ3n) is 7.34. The summed E-state index contributed by atoms with van der Waals surface area (Å²) in [5, 5.41) is 5.69. The molecule has 0 saturated carbocycles.